The molecule has 6 heteroatoms. The predicted octanol–water partition coefficient (Wildman–Crippen LogP) is 2.17. The summed E-state index contributed by atoms with van der Waals surface area (Å²) in [6, 6.07) is 4.14. The summed E-state index contributed by atoms with van der Waals surface area (Å²) in [7, 11) is 0. The highest BCUT2D eigenvalue weighted by molar-refractivity contribution is 9.10. The van der Waals surface area contributed by atoms with E-state index in [1.807, 2.05) is 12.1 Å². The van der Waals surface area contributed by atoms with E-state index in [0.29, 0.717) is 23.2 Å². The Morgan fingerprint density at radius 2 is 2.24 bits per heavy atom. The first-order chi connectivity index (χ1) is 8.20. The minimum Gasteiger partial charge on any atom is -0.422 e. The molecule has 0 spiro atoms. The van der Waals surface area contributed by atoms with Gasteiger partial charge in [0.25, 0.3) is 6.01 Å². The number of fused-ring (bicyclic) bond motifs is 1. The van der Waals surface area contributed by atoms with Crippen LogP contribution in [-0.2, 0) is 0 Å². The van der Waals surface area contributed by atoms with Gasteiger partial charge in [0.15, 0.2) is 5.58 Å². The van der Waals surface area contributed by atoms with Crippen molar-refractivity contribution in [1.29, 1.82) is 0 Å². The molecule has 3 rings (SSSR count). The summed E-state index contributed by atoms with van der Waals surface area (Å²) < 4.78 is 6.24. The van der Waals surface area contributed by atoms with Crippen LogP contribution in [0.4, 0.5) is 6.01 Å². The van der Waals surface area contributed by atoms with Crippen LogP contribution in [0.2, 0.25) is 0 Å². The lowest BCUT2D eigenvalue weighted by Gasteiger charge is -2.30. The van der Waals surface area contributed by atoms with Gasteiger partial charge in [-0.05, 0) is 46.8 Å². The minimum atomic E-state index is -0.122. The van der Waals surface area contributed by atoms with E-state index in [1.165, 1.54) is 0 Å². The van der Waals surface area contributed by atoms with E-state index in [9.17, 15) is 5.11 Å². The molecule has 0 atom stereocenters. The molecule has 2 aromatic rings. The Balaban J connectivity index is 1.68. The number of anilines is 1. The van der Waals surface area contributed by atoms with Crippen molar-refractivity contribution < 1.29 is 9.52 Å². The highest BCUT2D eigenvalue weighted by atomic mass is 79.9. The number of halogens is 1. The van der Waals surface area contributed by atoms with Gasteiger partial charge in [-0.1, -0.05) is 0 Å². The van der Waals surface area contributed by atoms with Gasteiger partial charge in [-0.25, -0.2) is 4.98 Å². The van der Waals surface area contributed by atoms with Gasteiger partial charge in [0.1, 0.15) is 4.60 Å². The maximum Gasteiger partial charge on any atom is 0.297 e. The first kappa shape index (κ1) is 11.0. The number of aliphatic hydroxyl groups excluding tert-OH is 1. The van der Waals surface area contributed by atoms with E-state index in [1.54, 1.807) is 0 Å². The lowest BCUT2D eigenvalue weighted by Crippen LogP contribution is -2.33. The van der Waals surface area contributed by atoms with Gasteiger partial charge in [-0.15, -0.1) is 0 Å². The summed E-state index contributed by atoms with van der Waals surface area (Å²) in [5, 5.41) is 12.3. The Hall–Kier alpha value is -1.14. The highest BCUT2D eigenvalue weighted by Crippen LogP contribution is 2.27. The first-order valence-corrected chi connectivity index (χ1v) is 6.35. The van der Waals surface area contributed by atoms with Gasteiger partial charge in [0.05, 0.1) is 6.10 Å². The fraction of sp³-hybridized carbons (Fsp3) is 0.455. The second-order valence-electron chi connectivity index (χ2n) is 4.35. The molecule has 2 N–H and O–H groups in total. The van der Waals surface area contributed by atoms with E-state index in [4.69, 9.17) is 4.42 Å². The molecule has 2 heterocycles. The molecule has 0 bridgehead atoms. The summed E-state index contributed by atoms with van der Waals surface area (Å²) in [6.07, 6.45) is 1.59. The number of hydrogen-bond acceptors (Lipinski definition) is 5. The second kappa shape index (κ2) is 4.27. The molecule has 1 aliphatic carbocycles. The predicted molar refractivity (Wildman–Crippen MR) is 66.7 cm³/mol. The summed E-state index contributed by atoms with van der Waals surface area (Å²) in [5.74, 6) is 0.514. The van der Waals surface area contributed by atoms with E-state index < -0.39 is 0 Å². The van der Waals surface area contributed by atoms with E-state index in [0.717, 1.165) is 24.0 Å². The fourth-order valence-electron chi connectivity index (χ4n) is 1.97. The number of aromatic nitrogens is 2. The smallest absolute Gasteiger partial charge is 0.297 e. The molecule has 0 amide bonds. The van der Waals surface area contributed by atoms with Crippen LogP contribution in [-0.4, -0.2) is 27.7 Å². The molecule has 2 aromatic heterocycles. The molecule has 90 valence electrons. The molecule has 1 aliphatic rings. The molecule has 1 saturated carbocycles. The van der Waals surface area contributed by atoms with E-state index >= 15 is 0 Å². The lowest BCUT2D eigenvalue weighted by molar-refractivity contribution is 0.0485. The van der Waals surface area contributed by atoms with Crippen LogP contribution >= 0.6 is 15.9 Å². The molecule has 5 nitrogen and oxygen atoms in total. The van der Waals surface area contributed by atoms with Crippen LogP contribution in [0.3, 0.4) is 0 Å². The third kappa shape index (κ3) is 2.28. The zero-order valence-corrected chi connectivity index (χ0v) is 10.6. The fourth-order valence-corrected chi connectivity index (χ4v) is 2.27. The Morgan fingerprint density at radius 3 is 3.00 bits per heavy atom. The number of oxazole rings is 1. The SMILES string of the molecule is OC1CC(CNc2nc3nc(Br)ccc3o2)C1. The topological polar surface area (TPSA) is 71.2 Å². The lowest BCUT2D eigenvalue weighted by atomic mass is 9.82. The van der Waals surface area contributed by atoms with Crippen molar-refractivity contribution in [2.75, 3.05) is 11.9 Å². The number of hydrogen-bond donors (Lipinski definition) is 2. The van der Waals surface area contributed by atoms with Crippen LogP contribution in [0.5, 0.6) is 0 Å². The van der Waals surface area contributed by atoms with E-state index in [-0.39, 0.29) is 6.10 Å². The molecular weight excluding hydrogens is 286 g/mol. The van der Waals surface area contributed by atoms with Crippen LogP contribution in [0.15, 0.2) is 21.2 Å². The largest absolute Gasteiger partial charge is 0.422 e. The van der Waals surface area contributed by atoms with Crippen molar-refractivity contribution in [3.8, 4) is 0 Å². The van der Waals surface area contributed by atoms with Gasteiger partial charge in [0, 0.05) is 6.54 Å². The van der Waals surface area contributed by atoms with Crippen LogP contribution < -0.4 is 5.32 Å². The molecule has 0 unspecified atom stereocenters. The van der Waals surface area contributed by atoms with Gasteiger partial charge < -0.3 is 14.8 Å². The van der Waals surface area contributed by atoms with Crippen LogP contribution in [0.25, 0.3) is 11.2 Å². The normalized spacial score (nSPS) is 23.6. The average molecular weight is 298 g/mol. The van der Waals surface area contributed by atoms with Crippen molar-refractivity contribution in [2.45, 2.75) is 18.9 Å². The standard InChI is InChI=1S/C11H12BrN3O2/c12-9-2-1-8-10(14-9)15-11(17-8)13-5-6-3-7(16)4-6/h1-2,6-7,16H,3-5H2,(H,13,14,15). The van der Waals surface area contributed by atoms with Crippen LogP contribution in [0, 0.1) is 5.92 Å². The quantitative estimate of drug-likeness (QED) is 0.850. The number of rotatable bonds is 3. The summed E-state index contributed by atoms with van der Waals surface area (Å²) >= 11 is 3.29. The van der Waals surface area contributed by atoms with Crippen LogP contribution in [0.1, 0.15) is 12.8 Å². The minimum absolute atomic E-state index is 0.122. The average Bonchev–Trinajstić information content (AvgIpc) is 2.64. The van der Waals surface area contributed by atoms with Gasteiger partial charge in [-0.2, -0.15) is 4.98 Å². The monoisotopic (exact) mass is 297 g/mol. The summed E-state index contributed by atoms with van der Waals surface area (Å²) in [5.41, 5.74) is 1.26. The van der Waals surface area contributed by atoms with Crippen molar-refractivity contribution in [3.05, 3.63) is 16.7 Å². The Morgan fingerprint density at radius 1 is 1.41 bits per heavy atom. The number of nitrogens with one attached hydrogen (secondary N) is 1. The first-order valence-electron chi connectivity index (χ1n) is 5.56. The zero-order valence-electron chi connectivity index (χ0n) is 9.06. The molecule has 17 heavy (non-hydrogen) atoms. The molecule has 0 aliphatic heterocycles. The maximum atomic E-state index is 9.18. The molecular formula is C11H12BrN3O2. The Labute approximate surface area is 106 Å². The third-order valence-corrected chi connectivity index (χ3v) is 3.41. The van der Waals surface area contributed by atoms with Crippen molar-refractivity contribution in [3.63, 3.8) is 0 Å². The number of pyridine rings is 1. The van der Waals surface area contributed by atoms with Gasteiger partial charge in [0.2, 0.25) is 5.65 Å². The van der Waals surface area contributed by atoms with Crippen molar-refractivity contribution in [2.24, 2.45) is 5.92 Å². The number of aliphatic hydroxyl groups is 1. The number of nitrogens with zero attached hydrogens (tertiary/aromatic N) is 2. The zero-order chi connectivity index (χ0) is 11.8. The van der Waals surface area contributed by atoms with Gasteiger partial charge >= 0.3 is 0 Å². The Kier molecular flexibility index (Phi) is 2.76. The Bertz CT molecular complexity index is 536. The van der Waals surface area contributed by atoms with Crippen molar-refractivity contribution in [1.82, 2.24) is 9.97 Å². The van der Waals surface area contributed by atoms with Gasteiger partial charge in [-0.3, -0.25) is 0 Å². The highest BCUT2D eigenvalue weighted by Gasteiger charge is 2.27. The maximum absolute atomic E-state index is 9.18. The summed E-state index contributed by atoms with van der Waals surface area (Å²) in [4.78, 5) is 8.44. The molecule has 0 aromatic carbocycles. The van der Waals surface area contributed by atoms with Crippen molar-refractivity contribution >= 4 is 33.2 Å². The molecule has 0 saturated heterocycles. The van der Waals surface area contributed by atoms with E-state index in [2.05, 4.69) is 31.2 Å². The third-order valence-electron chi connectivity index (χ3n) is 2.97. The second-order valence-corrected chi connectivity index (χ2v) is 5.16. The molecule has 0 radical (unpaired) electrons. The summed E-state index contributed by atoms with van der Waals surface area (Å²) in [6.45, 7) is 0.783. The molecule has 1 fully saturated rings.